The molecule has 0 aliphatic heterocycles. The molecule has 1 fully saturated rings. The van der Waals surface area contributed by atoms with Gasteiger partial charge in [0.25, 0.3) is 5.91 Å². The van der Waals surface area contributed by atoms with Gasteiger partial charge in [0, 0.05) is 6.04 Å². The highest BCUT2D eigenvalue weighted by Gasteiger charge is 2.39. The van der Waals surface area contributed by atoms with E-state index in [1.807, 2.05) is 0 Å². The Labute approximate surface area is 118 Å². The summed E-state index contributed by atoms with van der Waals surface area (Å²) in [7, 11) is 0. The number of nitrogens with two attached hydrogens (primary N) is 1. The number of aromatic nitrogens is 2. The summed E-state index contributed by atoms with van der Waals surface area (Å²) in [4.78, 5) is 12.1. The molecule has 1 heterocycles. The van der Waals surface area contributed by atoms with Crippen LogP contribution in [-0.4, -0.2) is 22.1 Å². The Morgan fingerprint density at radius 2 is 1.84 bits per heavy atom. The van der Waals surface area contributed by atoms with Gasteiger partial charge in [-0.15, -0.1) is 10.2 Å². The Morgan fingerprint density at radius 1 is 1.26 bits per heavy atom. The van der Waals surface area contributed by atoms with Crippen LogP contribution in [0.15, 0.2) is 0 Å². The SMILES string of the molecule is CC1(C)CC(NC(=O)c2nnc(N)s2)CC(C)(C)C1. The molecule has 6 heteroatoms. The number of anilines is 1. The summed E-state index contributed by atoms with van der Waals surface area (Å²) >= 11 is 1.13. The van der Waals surface area contributed by atoms with E-state index in [0.717, 1.165) is 24.2 Å². The van der Waals surface area contributed by atoms with Gasteiger partial charge < -0.3 is 11.1 Å². The van der Waals surface area contributed by atoms with E-state index in [2.05, 4.69) is 43.2 Å². The van der Waals surface area contributed by atoms with E-state index >= 15 is 0 Å². The molecule has 1 saturated carbocycles. The third-order valence-corrected chi connectivity index (χ3v) is 4.28. The summed E-state index contributed by atoms with van der Waals surface area (Å²) < 4.78 is 0. The predicted octanol–water partition coefficient (Wildman–Crippen LogP) is 2.46. The summed E-state index contributed by atoms with van der Waals surface area (Å²) in [6, 6.07) is 0.191. The second-order valence-electron chi connectivity index (χ2n) is 7.03. The molecule has 2 rings (SSSR count). The van der Waals surface area contributed by atoms with Crippen LogP contribution in [0.3, 0.4) is 0 Å². The molecule has 1 amide bonds. The minimum absolute atomic E-state index is 0.160. The number of hydrogen-bond acceptors (Lipinski definition) is 5. The highest BCUT2D eigenvalue weighted by Crippen LogP contribution is 2.45. The van der Waals surface area contributed by atoms with Gasteiger partial charge in [-0.2, -0.15) is 0 Å². The van der Waals surface area contributed by atoms with Gasteiger partial charge in [-0.25, -0.2) is 0 Å². The minimum Gasteiger partial charge on any atom is -0.374 e. The highest BCUT2D eigenvalue weighted by atomic mass is 32.1. The first-order valence-electron chi connectivity index (χ1n) is 6.57. The lowest BCUT2D eigenvalue weighted by Crippen LogP contribution is -2.46. The summed E-state index contributed by atoms with van der Waals surface area (Å²) in [6.45, 7) is 9.04. The largest absolute Gasteiger partial charge is 0.374 e. The molecule has 0 radical (unpaired) electrons. The molecule has 1 aliphatic carbocycles. The van der Waals surface area contributed by atoms with Crippen molar-refractivity contribution in [2.45, 2.75) is 53.0 Å². The molecule has 0 aromatic carbocycles. The van der Waals surface area contributed by atoms with Crippen LogP contribution in [0.4, 0.5) is 5.13 Å². The molecule has 1 aromatic rings. The molecule has 0 atom stereocenters. The van der Waals surface area contributed by atoms with Crippen molar-refractivity contribution in [3.05, 3.63) is 5.01 Å². The van der Waals surface area contributed by atoms with Crippen molar-refractivity contribution < 1.29 is 4.79 Å². The lowest BCUT2D eigenvalue weighted by atomic mass is 9.63. The van der Waals surface area contributed by atoms with Crippen LogP contribution in [0.25, 0.3) is 0 Å². The monoisotopic (exact) mass is 282 g/mol. The van der Waals surface area contributed by atoms with Gasteiger partial charge in [-0.05, 0) is 30.1 Å². The number of carbonyl (C=O) groups is 1. The second-order valence-corrected chi connectivity index (χ2v) is 8.04. The smallest absolute Gasteiger partial charge is 0.282 e. The van der Waals surface area contributed by atoms with E-state index in [4.69, 9.17) is 5.73 Å². The number of nitrogen functional groups attached to an aromatic ring is 1. The second kappa shape index (κ2) is 4.74. The van der Waals surface area contributed by atoms with Crippen molar-refractivity contribution >= 4 is 22.4 Å². The first kappa shape index (κ1) is 14.2. The standard InChI is InChI=1S/C13H22N4OS/c1-12(2)5-8(6-13(3,4)7-12)15-9(18)10-16-17-11(14)19-10/h8H,5-7H2,1-4H3,(H2,14,17)(H,15,18). The fourth-order valence-electron chi connectivity index (χ4n) is 3.52. The molecule has 0 saturated heterocycles. The summed E-state index contributed by atoms with van der Waals surface area (Å²) in [5, 5.41) is 11.2. The molecular formula is C13H22N4OS. The summed E-state index contributed by atoms with van der Waals surface area (Å²) in [6.07, 6.45) is 3.17. The van der Waals surface area contributed by atoms with Crippen LogP contribution < -0.4 is 11.1 Å². The maximum atomic E-state index is 12.1. The zero-order chi connectivity index (χ0) is 14.3. The number of nitrogens with zero attached hydrogens (tertiary/aromatic N) is 2. The molecule has 0 unspecified atom stereocenters. The summed E-state index contributed by atoms with van der Waals surface area (Å²) in [5.74, 6) is -0.160. The van der Waals surface area contributed by atoms with Crippen molar-refractivity contribution in [2.75, 3.05) is 5.73 Å². The number of nitrogens with one attached hydrogen (secondary N) is 1. The Morgan fingerprint density at radius 3 is 2.32 bits per heavy atom. The third-order valence-electron chi connectivity index (χ3n) is 3.53. The van der Waals surface area contributed by atoms with Gasteiger partial charge in [0.15, 0.2) is 0 Å². The first-order valence-corrected chi connectivity index (χ1v) is 7.38. The predicted molar refractivity (Wildman–Crippen MR) is 77.0 cm³/mol. The average Bonchev–Trinajstić information content (AvgIpc) is 2.59. The maximum absolute atomic E-state index is 12.1. The molecule has 1 aliphatic rings. The number of carbonyl (C=O) groups excluding carboxylic acids is 1. The van der Waals surface area contributed by atoms with Crippen LogP contribution >= 0.6 is 11.3 Å². The van der Waals surface area contributed by atoms with Crippen molar-refractivity contribution in [1.29, 1.82) is 0 Å². The van der Waals surface area contributed by atoms with E-state index in [1.165, 1.54) is 6.42 Å². The maximum Gasteiger partial charge on any atom is 0.282 e. The quantitative estimate of drug-likeness (QED) is 0.873. The van der Waals surface area contributed by atoms with E-state index in [0.29, 0.717) is 10.1 Å². The number of rotatable bonds is 2. The van der Waals surface area contributed by atoms with E-state index < -0.39 is 0 Å². The summed E-state index contributed by atoms with van der Waals surface area (Å²) in [5.41, 5.74) is 6.00. The van der Waals surface area contributed by atoms with Crippen LogP contribution in [0.1, 0.15) is 56.8 Å². The fraction of sp³-hybridized carbons (Fsp3) is 0.769. The molecule has 0 spiro atoms. The molecule has 1 aromatic heterocycles. The Bertz CT molecular complexity index is 465. The van der Waals surface area contributed by atoms with E-state index in [1.54, 1.807) is 0 Å². The van der Waals surface area contributed by atoms with Crippen LogP contribution in [0, 0.1) is 10.8 Å². The normalized spacial score (nSPS) is 22.1. The zero-order valence-corrected chi connectivity index (χ0v) is 12.8. The van der Waals surface area contributed by atoms with E-state index in [9.17, 15) is 4.79 Å². The van der Waals surface area contributed by atoms with Gasteiger partial charge in [-0.1, -0.05) is 39.0 Å². The Balaban J connectivity index is 2.04. The number of hydrogen-bond donors (Lipinski definition) is 2. The van der Waals surface area contributed by atoms with Gasteiger partial charge in [0.2, 0.25) is 10.1 Å². The fourth-order valence-corrected chi connectivity index (χ4v) is 4.03. The van der Waals surface area contributed by atoms with Crippen molar-refractivity contribution in [3.8, 4) is 0 Å². The molecule has 19 heavy (non-hydrogen) atoms. The first-order chi connectivity index (χ1) is 8.67. The molecular weight excluding hydrogens is 260 g/mol. The van der Waals surface area contributed by atoms with Gasteiger partial charge in [0.05, 0.1) is 0 Å². The Kier molecular flexibility index (Phi) is 3.55. The van der Waals surface area contributed by atoms with Gasteiger partial charge in [-0.3, -0.25) is 4.79 Å². The lowest BCUT2D eigenvalue weighted by molar-refractivity contribution is 0.0713. The van der Waals surface area contributed by atoms with Crippen molar-refractivity contribution in [2.24, 2.45) is 10.8 Å². The zero-order valence-electron chi connectivity index (χ0n) is 12.0. The van der Waals surface area contributed by atoms with Crippen LogP contribution in [0.5, 0.6) is 0 Å². The number of amides is 1. The lowest BCUT2D eigenvalue weighted by Gasteiger charge is -2.45. The van der Waals surface area contributed by atoms with E-state index in [-0.39, 0.29) is 22.8 Å². The molecule has 5 nitrogen and oxygen atoms in total. The molecule has 3 N–H and O–H groups in total. The van der Waals surface area contributed by atoms with Gasteiger partial charge >= 0.3 is 0 Å². The third kappa shape index (κ3) is 3.65. The van der Waals surface area contributed by atoms with Crippen LogP contribution in [0.2, 0.25) is 0 Å². The van der Waals surface area contributed by atoms with Crippen molar-refractivity contribution in [1.82, 2.24) is 15.5 Å². The van der Waals surface area contributed by atoms with Gasteiger partial charge in [0.1, 0.15) is 0 Å². The average molecular weight is 282 g/mol. The Hall–Kier alpha value is -1.17. The molecule has 0 bridgehead atoms. The topological polar surface area (TPSA) is 80.9 Å². The van der Waals surface area contributed by atoms with Crippen molar-refractivity contribution in [3.63, 3.8) is 0 Å². The minimum atomic E-state index is -0.160. The highest BCUT2D eigenvalue weighted by molar-refractivity contribution is 7.16. The molecule has 106 valence electrons. The van der Waals surface area contributed by atoms with Crippen LogP contribution in [-0.2, 0) is 0 Å².